The lowest BCUT2D eigenvalue weighted by Crippen LogP contribution is -2.37. The Morgan fingerprint density at radius 2 is 1.31 bits per heavy atom. The number of fused-ring (bicyclic) bond motifs is 2. The predicted molar refractivity (Wildman–Crippen MR) is 246 cm³/mol. The molecule has 58 heavy (non-hydrogen) atoms. The molecule has 4 nitrogen and oxygen atoms in total. The molecular weight excluding hydrogens is 768 g/mol. The molecule has 0 spiro atoms. The molecule has 0 fully saturated rings. The van der Waals surface area contributed by atoms with E-state index in [2.05, 4.69) is 187 Å². The molecule has 0 amide bonds. The Bertz CT molecular complexity index is 2660. The van der Waals surface area contributed by atoms with Crippen molar-refractivity contribution in [3.05, 3.63) is 213 Å². The predicted octanol–water partition coefficient (Wildman–Crippen LogP) is 9.97. The molecule has 2 heterocycles. The molecule has 7 aromatic rings. The van der Waals surface area contributed by atoms with Crippen molar-refractivity contribution >= 4 is 74.7 Å². The summed E-state index contributed by atoms with van der Waals surface area (Å²) >= 11 is 3.40. The summed E-state index contributed by atoms with van der Waals surface area (Å²) in [6.45, 7) is 5.73. The number of Topliss-reactive ketones (excluding diaryl/α,β-unsaturated/α-hetero) is 1. The molecule has 0 bridgehead atoms. The van der Waals surface area contributed by atoms with Crippen LogP contribution in [0.4, 0.5) is 5.69 Å². The van der Waals surface area contributed by atoms with Crippen molar-refractivity contribution in [2.24, 2.45) is 0 Å². The van der Waals surface area contributed by atoms with Gasteiger partial charge < -0.3 is 10.0 Å². The third-order valence-corrected chi connectivity index (χ3v) is 15.8. The van der Waals surface area contributed by atoms with Crippen LogP contribution in [0.5, 0.6) is 0 Å². The van der Waals surface area contributed by atoms with Crippen LogP contribution in [-0.2, 0) is 29.1 Å². The zero-order chi connectivity index (χ0) is 39.6. The smallest absolute Gasteiger partial charge is 0.263 e. The first kappa shape index (κ1) is 38.2. The lowest BCUT2D eigenvalue weighted by molar-refractivity contribution is -0.670. The Labute approximate surface area is 350 Å². The van der Waals surface area contributed by atoms with Gasteiger partial charge in [0.2, 0.25) is 5.52 Å². The van der Waals surface area contributed by atoms with E-state index in [1.165, 1.54) is 38.3 Å². The SMILES string of the molecule is CC1(C)C(=CC2=C(SCc3ccc(P(c4ccccc4)c4ccccc4)cc3)C(=Cc3sc4ccccc4[n+]3CCO)C2=O)N(Cc2ccccc2)c2ccccc21. The molecular formula is C51H44N2O2PS2+. The maximum atomic E-state index is 14.5. The number of aromatic nitrogens is 1. The number of carbonyl (C=O) groups is 1. The minimum Gasteiger partial charge on any atom is -0.390 e. The Kier molecular flexibility index (Phi) is 10.8. The average molecular weight is 812 g/mol. The van der Waals surface area contributed by atoms with Crippen LogP contribution in [0.25, 0.3) is 16.3 Å². The van der Waals surface area contributed by atoms with E-state index in [4.69, 9.17) is 0 Å². The number of carbonyl (C=O) groups excluding carboxylic acids is 1. The minimum atomic E-state index is -0.698. The van der Waals surface area contributed by atoms with Gasteiger partial charge in [-0.25, -0.2) is 0 Å². The summed E-state index contributed by atoms with van der Waals surface area (Å²) < 4.78 is 3.26. The van der Waals surface area contributed by atoms with Crippen molar-refractivity contribution in [2.75, 3.05) is 11.5 Å². The number of allylic oxidation sites excluding steroid dienone is 4. The van der Waals surface area contributed by atoms with Crippen molar-refractivity contribution < 1.29 is 14.5 Å². The second-order valence-corrected chi connectivity index (χ2v) is 19.4. The highest BCUT2D eigenvalue weighted by molar-refractivity contribution is 8.02. The number of rotatable bonds is 12. The largest absolute Gasteiger partial charge is 0.390 e. The zero-order valence-electron chi connectivity index (χ0n) is 32.6. The second-order valence-electron chi connectivity index (χ2n) is 15.1. The second kappa shape index (κ2) is 16.5. The summed E-state index contributed by atoms with van der Waals surface area (Å²) in [4.78, 5) is 17.9. The van der Waals surface area contributed by atoms with Crippen LogP contribution in [0.2, 0.25) is 0 Å². The van der Waals surface area contributed by atoms with E-state index >= 15 is 0 Å². The van der Waals surface area contributed by atoms with E-state index < -0.39 is 7.92 Å². The Hall–Kier alpha value is -5.36. The number of nitrogens with zero attached hydrogens (tertiary/aromatic N) is 2. The molecule has 1 aromatic heterocycles. The van der Waals surface area contributed by atoms with Crippen molar-refractivity contribution in [1.82, 2.24) is 0 Å². The first-order valence-corrected chi connectivity index (χ1v) is 22.8. The summed E-state index contributed by atoms with van der Waals surface area (Å²) in [6, 6.07) is 58.1. The van der Waals surface area contributed by atoms with Gasteiger partial charge in [0.15, 0.2) is 12.3 Å². The molecule has 0 radical (unpaired) electrons. The Morgan fingerprint density at radius 3 is 2.00 bits per heavy atom. The third-order valence-electron chi connectivity index (χ3n) is 11.1. The third kappa shape index (κ3) is 7.31. The summed E-state index contributed by atoms with van der Waals surface area (Å²) in [5, 5.41) is 15.0. The fourth-order valence-corrected chi connectivity index (χ4v) is 12.7. The normalized spacial score (nSPS) is 16.1. The minimum absolute atomic E-state index is 0.0178. The number of ketones is 1. The summed E-state index contributed by atoms with van der Waals surface area (Å²) in [5.41, 5.74) is 8.23. The lowest BCUT2D eigenvalue weighted by atomic mass is 9.81. The Morgan fingerprint density at radius 1 is 0.707 bits per heavy atom. The molecule has 6 aromatic carbocycles. The molecule has 7 heteroatoms. The molecule has 9 rings (SSSR count). The summed E-state index contributed by atoms with van der Waals surface area (Å²) in [7, 11) is -0.698. The van der Waals surface area contributed by atoms with Gasteiger partial charge in [0, 0.05) is 57.3 Å². The van der Waals surface area contributed by atoms with Crippen molar-refractivity contribution in [1.29, 1.82) is 0 Å². The zero-order valence-corrected chi connectivity index (χ0v) is 35.1. The van der Waals surface area contributed by atoms with Gasteiger partial charge >= 0.3 is 0 Å². The van der Waals surface area contributed by atoms with Crippen LogP contribution < -0.4 is 25.4 Å². The molecule has 0 saturated heterocycles. The first-order valence-electron chi connectivity index (χ1n) is 19.7. The number of hydrogen-bond acceptors (Lipinski definition) is 5. The van der Waals surface area contributed by atoms with Crippen molar-refractivity contribution in [3.8, 4) is 0 Å². The molecule has 2 aliphatic rings. The molecule has 1 aliphatic heterocycles. The van der Waals surface area contributed by atoms with Crippen LogP contribution in [0.15, 0.2) is 192 Å². The first-order chi connectivity index (χ1) is 28.4. The average Bonchev–Trinajstić information content (AvgIpc) is 3.71. The monoisotopic (exact) mass is 811 g/mol. The summed E-state index contributed by atoms with van der Waals surface area (Å²) in [6.07, 6.45) is 4.23. The highest BCUT2D eigenvalue weighted by atomic mass is 32.2. The molecule has 286 valence electrons. The molecule has 0 unspecified atom stereocenters. The molecule has 1 aliphatic carbocycles. The molecule has 0 atom stereocenters. The van der Waals surface area contributed by atoms with Crippen LogP contribution in [0.1, 0.15) is 35.5 Å². The van der Waals surface area contributed by atoms with E-state index in [0.29, 0.717) is 13.1 Å². The topological polar surface area (TPSA) is 44.4 Å². The van der Waals surface area contributed by atoms with Gasteiger partial charge in [0.1, 0.15) is 11.3 Å². The van der Waals surface area contributed by atoms with Crippen LogP contribution >= 0.6 is 31.0 Å². The maximum absolute atomic E-state index is 14.5. The van der Waals surface area contributed by atoms with Gasteiger partial charge in [0.05, 0.1) is 0 Å². The number of para-hydroxylation sites is 2. The van der Waals surface area contributed by atoms with E-state index in [1.807, 2.05) is 12.1 Å². The molecule has 1 N–H and O–H groups in total. The lowest BCUT2D eigenvalue weighted by Gasteiger charge is -2.30. The number of thioether (sulfide) groups is 1. The number of anilines is 1. The van der Waals surface area contributed by atoms with Gasteiger partial charge in [0.25, 0.3) is 5.01 Å². The fourth-order valence-electron chi connectivity index (χ4n) is 8.14. The van der Waals surface area contributed by atoms with Gasteiger partial charge in [-0.05, 0) is 58.7 Å². The number of thiazole rings is 1. The van der Waals surface area contributed by atoms with Gasteiger partial charge in [-0.2, -0.15) is 4.57 Å². The van der Waals surface area contributed by atoms with Gasteiger partial charge in [-0.1, -0.05) is 171 Å². The van der Waals surface area contributed by atoms with E-state index in [9.17, 15) is 9.90 Å². The number of benzene rings is 6. The fraction of sp³-hybridized carbons (Fsp3) is 0.137. The highest BCUT2D eigenvalue weighted by Gasteiger charge is 2.42. The standard InChI is InChI=1S/C51H44N2O2PS2/c1-51(2)43-22-12-13-23-44(43)53(34-36-16-6-3-7-17-36)47(51)32-41-49(55)42(33-48-52(30-31-54)45-24-14-15-25-46(45)58-48)50(41)57-35-37-26-28-40(29-27-37)56(38-18-8-4-9-19-38)39-20-10-5-11-21-39/h3-29,32-33,54H,30-31,34-35H2,1-2H3/q+1. The van der Waals surface area contributed by atoms with Gasteiger partial charge in [-0.3, -0.25) is 4.79 Å². The Balaban J connectivity index is 1.11. The van der Waals surface area contributed by atoms with E-state index in [0.717, 1.165) is 42.7 Å². The van der Waals surface area contributed by atoms with E-state index in [1.54, 1.807) is 23.1 Å². The highest BCUT2D eigenvalue weighted by Crippen LogP contribution is 2.51. The van der Waals surface area contributed by atoms with Crippen molar-refractivity contribution in [3.63, 3.8) is 0 Å². The molecule has 0 saturated carbocycles. The maximum Gasteiger partial charge on any atom is 0.263 e. The summed E-state index contributed by atoms with van der Waals surface area (Å²) in [5.74, 6) is 0.781. The van der Waals surface area contributed by atoms with Gasteiger partial charge in [-0.15, -0.1) is 11.8 Å². The number of aliphatic hydroxyl groups excluding tert-OH is 1. The number of aliphatic hydroxyl groups is 1. The van der Waals surface area contributed by atoms with Crippen LogP contribution in [0.3, 0.4) is 0 Å². The van der Waals surface area contributed by atoms with Crippen LogP contribution in [0, 0.1) is 0 Å². The van der Waals surface area contributed by atoms with Crippen molar-refractivity contribution in [2.45, 2.75) is 38.1 Å². The van der Waals surface area contributed by atoms with Crippen LogP contribution in [-0.4, -0.2) is 17.5 Å². The number of hydrogen-bond donors (Lipinski definition) is 1. The quantitative estimate of drug-likeness (QED) is 0.0759. The van der Waals surface area contributed by atoms with E-state index in [-0.39, 0.29) is 17.8 Å².